The topological polar surface area (TPSA) is 51.0 Å². The summed E-state index contributed by atoms with van der Waals surface area (Å²) in [4.78, 5) is 3.32. The molecule has 0 atom stereocenters. The van der Waals surface area contributed by atoms with Crippen LogP contribution in [0.15, 0.2) is 12.1 Å². The van der Waals surface area contributed by atoms with Gasteiger partial charge in [0.2, 0.25) is 0 Å². The molecule has 1 aromatic carbocycles. The lowest BCUT2D eigenvalue weighted by Gasteiger charge is -2.08. The lowest BCUT2D eigenvalue weighted by Crippen LogP contribution is -2.01. The second-order valence-electron chi connectivity index (χ2n) is 4.38. The highest BCUT2D eigenvalue weighted by molar-refractivity contribution is 6.36. The van der Waals surface area contributed by atoms with Crippen LogP contribution in [0.25, 0.3) is 10.9 Å². The monoisotopic (exact) mass is 252 g/mol. The Bertz CT molecular complexity index is 546. The fraction of sp³-hybridized carbons (Fsp3) is 0.385. The van der Waals surface area contributed by atoms with Gasteiger partial charge in [0.1, 0.15) is 5.75 Å². The number of aromatic amines is 1. The zero-order valence-electron chi connectivity index (χ0n) is 10.3. The number of hydrogen-bond acceptors (Lipinski definition) is 2. The first-order valence-corrected chi connectivity index (χ1v) is 6.05. The van der Waals surface area contributed by atoms with E-state index in [1.807, 2.05) is 12.1 Å². The summed E-state index contributed by atoms with van der Waals surface area (Å²) in [7, 11) is 1.65. The highest BCUT2D eigenvalue weighted by Gasteiger charge is 2.18. The van der Waals surface area contributed by atoms with Crippen molar-refractivity contribution in [3.8, 4) is 5.75 Å². The van der Waals surface area contributed by atoms with Gasteiger partial charge in [-0.15, -0.1) is 0 Å². The van der Waals surface area contributed by atoms with Crippen LogP contribution in [0.4, 0.5) is 0 Å². The molecular formula is C13H17ClN2O. The number of rotatable bonds is 3. The molecule has 3 nitrogen and oxygen atoms in total. The fourth-order valence-electron chi connectivity index (χ4n) is 2.28. The Morgan fingerprint density at radius 1 is 1.41 bits per heavy atom. The van der Waals surface area contributed by atoms with Gasteiger partial charge in [0.15, 0.2) is 0 Å². The van der Waals surface area contributed by atoms with Gasteiger partial charge in [0.25, 0.3) is 0 Å². The maximum absolute atomic E-state index is 6.29. The van der Waals surface area contributed by atoms with Crippen LogP contribution in [0.1, 0.15) is 31.0 Å². The minimum absolute atomic E-state index is 0.368. The molecule has 0 saturated heterocycles. The smallest absolute Gasteiger partial charge is 0.143 e. The van der Waals surface area contributed by atoms with Crippen molar-refractivity contribution in [3.05, 3.63) is 28.4 Å². The number of ether oxygens (including phenoxy) is 1. The standard InChI is InChI=1S/C13H17ClN2O/c1-7(2)11-9(6-15)16-13-10(17-3)5-4-8(14)12(11)13/h4-5,7,16H,6,15H2,1-3H3. The third kappa shape index (κ3) is 1.90. The Balaban J connectivity index is 2.86. The van der Waals surface area contributed by atoms with Crippen LogP contribution in [0.2, 0.25) is 5.02 Å². The van der Waals surface area contributed by atoms with Gasteiger partial charge in [-0.25, -0.2) is 0 Å². The van der Waals surface area contributed by atoms with Crippen molar-refractivity contribution in [1.82, 2.24) is 4.98 Å². The molecule has 0 bridgehead atoms. The summed E-state index contributed by atoms with van der Waals surface area (Å²) in [6.45, 7) is 4.75. The van der Waals surface area contributed by atoms with Gasteiger partial charge in [-0.1, -0.05) is 25.4 Å². The molecule has 0 saturated carbocycles. The lowest BCUT2D eigenvalue weighted by atomic mass is 9.99. The van der Waals surface area contributed by atoms with E-state index in [2.05, 4.69) is 18.8 Å². The van der Waals surface area contributed by atoms with Crippen molar-refractivity contribution in [2.45, 2.75) is 26.3 Å². The molecule has 2 aromatic rings. The zero-order chi connectivity index (χ0) is 12.6. The van der Waals surface area contributed by atoms with E-state index >= 15 is 0 Å². The second-order valence-corrected chi connectivity index (χ2v) is 4.78. The number of aromatic nitrogens is 1. The summed E-state index contributed by atoms with van der Waals surface area (Å²) in [5.41, 5.74) is 8.93. The van der Waals surface area contributed by atoms with Crippen LogP contribution in [-0.2, 0) is 6.54 Å². The first kappa shape index (κ1) is 12.3. The number of nitrogens with one attached hydrogen (secondary N) is 1. The highest BCUT2D eigenvalue weighted by Crippen LogP contribution is 2.38. The van der Waals surface area contributed by atoms with Crippen molar-refractivity contribution in [2.75, 3.05) is 7.11 Å². The zero-order valence-corrected chi connectivity index (χ0v) is 11.1. The quantitative estimate of drug-likeness (QED) is 0.880. The number of nitrogens with two attached hydrogens (primary N) is 1. The second kappa shape index (κ2) is 4.59. The average molecular weight is 253 g/mol. The van der Waals surface area contributed by atoms with Crippen LogP contribution in [0.5, 0.6) is 5.75 Å². The summed E-state index contributed by atoms with van der Waals surface area (Å²) in [5.74, 6) is 1.16. The van der Waals surface area contributed by atoms with Crippen molar-refractivity contribution >= 4 is 22.5 Å². The molecular weight excluding hydrogens is 236 g/mol. The molecule has 17 heavy (non-hydrogen) atoms. The molecule has 4 heteroatoms. The SMILES string of the molecule is COc1ccc(Cl)c2c(C(C)C)c(CN)[nH]c12. The van der Waals surface area contributed by atoms with Gasteiger partial charge < -0.3 is 15.5 Å². The van der Waals surface area contributed by atoms with E-state index in [0.717, 1.165) is 27.4 Å². The molecule has 0 aliphatic rings. The summed E-state index contributed by atoms with van der Waals surface area (Å²) < 4.78 is 5.34. The Morgan fingerprint density at radius 2 is 2.12 bits per heavy atom. The van der Waals surface area contributed by atoms with Gasteiger partial charge in [-0.05, 0) is 23.6 Å². The fourth-order valence-corrected chi connectivity index (χ4v) is 2.54. The molecule has 2 rings (SSSR count). The van der Waals surface area contributed by atoms with Crippen LogP contribution >= 0.6 is 11.6 Å². The molecule has 0 amide bonds. The van der Waals surface area contributed by atoms with Crippen LogP contribution in [0, 0.1) is 0 Å². The Kier molecular flexibility index (Phi) is 3.31. The Labute approximate surface area is 106 Å². The molecule has 0 unspecified atom stereocenters. The van der Waals surface area contributed by atoms with Crippen molar-refractivity contribution in [1.29, 1.82) is 0 Å². The number of methoxy groups -OCH3 is 1. The summed E-state index contributed by atoms with van der Waals surface area (Å²) in [6, 6.07) is 3.73. The molecule has 1 heterocycles. The summed E-state index contributed by atoms with van der Waals surface area (Å²) in [6.07, 6.45) is 0. The minimum atomic E-state index is 0.368. The predicted octanol–water partition coefficient (Wildman–Crippen LogP) is 3.41. The van der Waals surface area contributed by atoms with Crippen molar-refractivity contribution < 1.29 is 4.74 Å². The minimum Gasteiger partial charge on any atom is -0.495 e. The van der Waals surface area contributed by atoms with Crippen molar-refractivity contribution in [2.24, 2.45) is 5.73 Å². The van der Waals surface area contributed by atoms with E-state index in [1.54, 1.807) is 7.11 Å². The van der Waals surface area contributed by atoms with Crippen LogP contribution in [-0.4, -0.2) is 12.1 Å². The first-order valence-electron chi connectivity index (χ1n) is 5.67. The third-order valence-corrected chi connectivity index (χ3v) is 3.30. The number of benzene rings is 1. The van der Waals surface area contributed by atoms with Gasteiger partial charge >= 0.3 is 0 Å². The summed E-state index contributed by atoms with van der Waals surface area (Å²) in [5, 5.41) is 1.77. The molecule has 0 radical (unpaired) electrons. The van der Waals surface area contributed by atoms with Gasteiger partial charge in [0.05, 0.1) is 17.6 Å². The van der Waals surface area contributed by atoms with E-state index in [4.69, 9.17) is 22.1 Å². The maximum Gasteiger partial charge on any atom is 0.143 e. The molecule has 0 fully saturated rings. The van der Waals surface area contributed by atoms with E-state index in [1.165, 1.54) is 5.56 Å². The highest BCUT2D eigenvalue weighted by atomic mass is 35.5. The average Bonchev–Trinajstić information content (AvgIpc) is 2.70. The first-order chi connectivity index (χ1) is 8.10. The van der Waals surface area contributed by atoms with Gasteiger partial charge in [0, 0.05) is 17.6 Å². The van der Waals surface area contributed by atoms with Gasteiger partial charge in [-0.3, -0.25) is 0 Å². The van der Waals surface area contributed by atoms with Crippen LogP contribution < -0.4 is 10.5 Å². The van der Waals surface area contributed by atoms with Crippen molar-refractivity contribution in [3.63, 3.8) is 0 Å². The number of hydrogen-bond donors (Lipinski definition) is 2. The molecule has 0 aliphatic heterocycles. The number of halogens is 1. The van der Waals surface area contributed by atoms with Gasteiger partial charge in [-0.2, -0.15) is 0 Å². The number of H-pyrrole nitrogens is 1. The summed E-state index contributed by atoms with van der Waals surface area (Å²) >= 11 is 6.29. The molecule has 0 spiro atoms. The predicted molar refractivity (Wildman–Crippen MR) is 71.8 cm³/mol. The van der Waals surface area contributed by atoms with E-state index in [-0.39, 0.29) is 0 Å². The normalized spacial score (nSPS) is 11.4. The largest absolute Gasteiger partial charge is 0.495 e. The Hall–Kier alpha value is -1.19. The molecule has 0 aliphatic carbocycles. The molecule has 92 valence electrons. The number of fused-ring (bicyclic) bond motifs is 1. The van der Waals surface area contributed by atoms with E-state index in [9.17, 15) is 0 Å². The van der Waals surface area contributed by atoms with E-state index in [0.29, 0.717) is 12.5 Å². The maximum atomic E-state index is 6.29. The molecule has 3 N–H and O–H groups in total. The third-order valence-electron chi connectivity index (χ3n) is 2.99. The molecule has 1 aromatic heterocycles. The lowest BCUT2D eigenvalue weighted by molar-refractivity contribution is 0.419. The van der Waals surface area contributed by atoms with Crippen LogP contribution in [0.3, 0.4) is 0 Å². The Morgan fingerprint density at radius 3 is 2.65 bits per heavy atom. The van der Waals surface area contributed by atoms with E-state index < -0.39 is 0 Å².